The van der Waals surface area contributed by atoms with Crippen molar-refractivity contribution in [2.45, 2.75) is 26.3 Å². The Labute approximate surface area is 79.5 Å². The molecule has 0 aliphatic heterocycles. The Bertz CT molecular complexity index is 207. The molecule has 0 aliphatic carbocycles. The number of rotatable bonds is 5. The van der Waals surface area contributed by atoms with Crippen LogP contribution in [0.4, 0.5) is 0 Å². The summed E-state index contributed by atoms with van der Waals surface area (Å²) in [4.78, 5) is 11.3. The first kappa shape index (κ1) is 11.8. The first-order valence-electron chi connectivity index (χ1n) is 4.27. The van der Waals surface area contributed by atoms with Gasteiger partial charge in [0.15, 0.2) is 0 Å². The molecule has 0 unspecified atom stereocenters. The molecule has 74 valence electrons. The van der Waals surface area contributed by atoms with E-state index in [2.05, 4.69) is 11.9 Å². The van der Waals surface area contributed by atoms with E-state index < -0.39 is 5.54 Å². The monoisotopic (exact) mass is 183 g/mol. The fourth-order valence-corrected chi connectivity index (χ4v) is 0.695. The lowest BCUT2D eigenvalue weighted by molar-refractivity contribution is -0.149. The molecule has 0 atom stereocenters. The maximum absolute atomic E-state index is 11.3. The van der Waals surface area contributed by atoms with Crippen molar-refractivity contribution in [1.82, 2.24) is 5.32 Å². The van der Waals surface area contributed by atoms with Crippen LogP contribution in [0.1, 0.15) is 20.8 Å². The third-order valence-corrected chi connectivity index (χ3v) is 1.46. The van der Waals surface area contributed by atoms with Gasteiger partial charge in [0.1, 0.15) is 5.54 Å². The standard InChI is InChI=1S/C10H17NO2/c1-5-7-8-11-10(3,4)9(12)13-6-2/h5,7-8,11H,1,6H2,2-4H3/b8-7-. The van der Waals surface area contributed by atoms with Crippen LogP contribution in [0.2, 0.25) is 0 Å². The number of hydrogen-bond acceptors (Lipinski definition) is 3. The molecule has 0 bridgehead atoms. The minimum absolute atomic E-state index is 0.260. The van der Waals surface area contributed by atoms with E-state index in [0.717, 1.165) is 0 Å². The van der Waals surface area contributed by atoms with Crippen molar-refractivity contribution < 1.29 is 9.53 Å². The molecular formula is C10H17NO2. The summed E-state index contributed by atoms with van der Waals surface area (Å²) in [5.41, 5.74) is -0.685. The van der Waals surface area contributed by atoms with Crippen molar-refractivity contribution >= 4 is 5.97 Å². The summed E-state index contributed by atoms with van der Waals surface area (Å²) in [6.07, 6.45) is 5.03. The summed E-state index contributed by atoms with van der Waals surface area (Å²) in [6, 6.07) is 0. The fraction of sp³-hybridized carbons (Fsp3) is 0.500. The molecule has 0 aliphatic rings. The van der Waals surface area contributed by atoms with Crippen LogP contribution in [-0.4, -0.2) is 18.1 Å². The van der Waals surface area contributed by atoms with Gasteiger partial charge in [-0.2, -0.15) is 0 Å². The molecule has 0 radical (unpaired) electrons. The van der Waals surface area contributed by atoms with Gasteiger partial charge in [0.25, 0.3) is 0 Å². The predicted octanol–water partition coefficient (Wildman–Crippen LogP) is 1.62. The second kappa shape index (κ2) is 5.41. The Kier molecular flexibility index (Phi) is 4.89. The first-order chi connectivity index (χ1) is 6.04. The quantitative estimate of drug-likeness (QED) is 0.520. The van der Waals surface area contributed by atoms with Gasteiger partial charge in [-0.05, 0) is 33.0 Å². The van der Waals surface area contributed by atoms with Crippen molar-refractivity contribution in [2.24, 2.45) is 0 Å². The lowest BCUT2D eigenvalue weighted by atomic mass is 10.1. The zero-order chi connectivity index (χ0) is 10.3. The Morgan fingerprint density at radius 1 is 1.62 bits per heavy atom. The molecule has 0 aromatic heterocycles. The van der Waals surface area contributed by atoms with E-state index in [-0.39, 0.29) is 5.97 Å². The van der Waals surface area contributed by atoms with Crippen molar-refractivity contribution in [3.8, 4) is 0 Å². The largest absolute Gasteiger partial charge is 0.464 e. The molecule has 0 fully saturated rings. The summed E-state index contributed by atoms with van der Waals surface area (Å²) < 4.78 is 4.88. The lowest BCUT2D eigenvalue weighted by Gasteiger charge is -2.22. The minimum Gasteiger partial charge on any atom is -0.464 e. The van der Waals surface area contributed by atoms with Gasteiger partial charge in [-0.25, -0.2) is 4.79 Å². The van der Waals surface area contributed by atoms with E-state index in [1.165, 1.54) is 0 Å². The predicted molar refractivity (Wildman–Crippen MR) is 53.2 cm³/mol. The van der Waals surface area contributed by atoms with Crippen LogP contribution >= 0.6 is 0 Å². The number of allylic oxidation sites excluding steroid dienone is 2. The Morgan fingerprint density at radius 3 is 2.69 bits per heavy atom. The number of nitrogens with one attached hydrogen (secondary N) is 1. The molecule has 3 nitrogen and oxygen atoms in total. The van der Waals surface area contributed by atoms with E-state index in [1.54, 1.807) is 39.1 Å². The number of carbonyl (C=O) groups excluding carboxylic acids is 1. The molecule has 1 N–H and O–H groups in total. The highest BCUT2D eigenvalue weighted by Crippen LogP contribution is 2.04. The van der Waals surface area contributed by atoms with E-state index in [4.69, 9.17) is 4.74 Å². The molecule has 0 aromatic carbocycles. The molecule has 0 rings (SSSR count). The molecule has 3 heteroatoms. The highest BCUT2D eigenvalue weighted by atomic mass is 16.5. The lowest BCUT2D eigenvalue weighted by Crippen LogP contribution is -2.45. The number of carbonyl (C=O) groups is 1. The van der Waals surface area contributed by atoms with E-state index in [1.807, 2.05) is 0 Å². The average Bonchev–Trinajstić information content (AvgIpc) is 2.05. The van der Waals surface area contributed by atoms with Gasteiger partial charge in [0.2, 0.25) is 0 Å². The van der Waals surface area contributed by atoms with Gasteiger partial charge in [-0.1, -0.05) is 12.7 Å². The average molecular weight is 183 g/mol. The maximum Gasteiger partial charge on any atom is 0.331 e. The Hall–Kier alpha value is -1.25. The van der Waals surface area contributed by atoms with Gasteiger partial charge >= 0.3 is 5.97 Å². The Balaban J connectivity index is 4.12. The smallest absolute Gasteiger partial charge is 0.331 e. The maximum atomic E-state index is 11.3. The number of esters is 1. The summed E-state index contributed by atoms with van der Waals surface area (Å²) in [6.45, 7) is 9.23. The van der Waals surface area contributed by atoms with Crippen LogP contribution in [0, 0.1) is 0 Å². The van der Waals surface area contributed by atoms with Crippen LogP contribution in [-0.2, 0) is 9.53 Å². The van der Waals surface area contributed by atoms with Crippen molar-refractivity contribution in [1.29, 1.82) is 0 Å². The zero-order valence-corrected chi connectivity index (χ0v) is 8.46. The number of hydrogen-bond donors (Lipinski definition) is 1. The summed E-state index contributed by atoms with van der Waals surface area (Å²) >= 11 is 0. The van der Waals surface area contributed by atoms with Gasteiger partial charge in [-0.3, -0.25) is 0 Å². The van der Waals surface area contributed by atoms with Crippen LogP contribution in [0.5, 0.6) is 0 Å². The molecule has 0 saturated heterocycles. The molecule has 0 amide bonds. The number of ether oxygens (including phenoxy) is 1. The van der Waals surface area contributed by atoms with E-state index >= 15 is 0 Å². The van der Waals surface area contributed by atoms with Crippen LogP contribution in [0.25, 0.3) is 0 Å². The molecule has 0 saturated carbocycles. The molecule has 0 heterocycles. The zero-order valence-electron chi connectivity index (χ0n) is 8.46. The van der Waals surface area contributed by atoms with E-state index in [9.17, 15) is 4.79 Å². The van der Waals surface area contributed by atoms with Crippen molar-refractivity contribution in [3.63, 3.8) is 0 Å². The summed E-state index contributed by atoms with van der Waals surface area (Å²) in [5.74, 6) is -0.260. The van der Waals surface area contributed by atoms with Crippen LogP contribution < -0.4 is 5.32 Å². The Morgan fingerprint density at radius 2 is 2.23 bits per heavy atom. The molecule has 0 spiro atoms. The van der Waals surface area contributed by atoms with Gasteiger partial charge in [0, 0.05) is 0 Å². The highest BCUT2D eigenvalue weighted by Gasteiger charge is 2.27. The van der Waals surface area contributed by atoms with Crippen molar-refractivity contribution in [3.05, 3.63) is 24.9 Å². The first-order valence-corrected chi connectivity index (χ1v) is 4.27. The second-order valence-electron chi connectivity index (χ2n) is 3.08. The topological polar surface area (TPSA) is 38.3 Å². The molecular weight excluding hydrogens is 166 g/mol. The third-order valence-electron chi connectivity index (χ3n) is 1.46. The summed E-state index contributed by atoms with van der Waals surface area (Å²) in [5, 5.41) is 2.92. The van der Waals surface area contributed by atoms with Crippen LogP contribution in [0.3, 0.4) is 0 Å². The second-order valence-corrected chi connectivity index (χ2v) is 3.08. The molecule has 13 heavy (non-hydrogen) atoms. The normalized spacial score (nSPS) is 11.3. The fourth-order valence-electron chi connectivity index (χ4n) is 0.695. The summed E-state index contributed by atoms with van der Waals surface area (Å²) in [7, 11) is 0. The molecule has 0 aromatic rings. The van der Waals surface area contributed by atoms with E-state index in [0.29, 0.717) is 6.61 Å². The SMILES string of the molecule is C=C/C=C\NC(C)(C)C(=O)OCC. The van der Waals surface area contributed by atoms with Crippen molar-refractivity contribution in [2.75, 3.05) is 6.61 Å². The highest BCUT2D eigenvalue weighted by molar-refractivity contribution is 5.79. The third kappa shape index (κ3) is 4.35. The van der Waals surface area contributed by atoms with Gasteiger partial charge in [0.05, 0.1) is 6.61 Å². The van der Waals surface area contributed by atoms with Crippen LogP contribution in [0.15, 0.2) is 24.9 Å². The van der Waals surface area contributed by atoms with Gasteiger partial charge < -0.3 is 10.1 Å². The van der Waals surface area contributed by atoms with Gasteiger partial charge in [-0.15, -0.1) is 0 Å². The minimum atomic E-state index is -0.685.